The van der Waals surface area contributed by atoms with Crippen LogP contribution in [0.15, 0.2) is 24.3 Å². The fraction of sp³-hybridized carbons (Fsp3) is 0.231. The van der Waals surface area contributed by atoms with Crippen molar-refractivity contribution in [2.75, 3.05) is 5.73 Å². The van der Waals surface area contributed by atoms with E-state index in [1.165, 1.54) is 12.1 Å². The van der Waals surface area contributed by atoms with E-state index in [4.69, 9.17) is 5.73 Å². The maximum Gasteiger partial charge on any atom is 0.263 e. The van der Waals surface area contributed by atoms with Crippen LogP contribution >= 0.6 is 11.3 Å². The number of hydrogen-bond acceptors (Lipinski definition) is 4. The highest BCUT2D eigenvalue weighted by atomic mass is 32.1. The Labute approximate surface area is 114 Å². The zero-order chi connectivity index (χ0) is 14.0. The van der Waals surface area contributed by atoms with Crippen molar-refractivity contribution < 1.29 is 9.18 Å². The summed E-state index contributed by atoms with van der Waals surface area (Å²) >= 11 is 1.14. The van der Waals surface area contributed by atoms with Crippen LogP contribution in [0.4, 0.5) is 9.52 Å². The van der Waals surface area contributed by atoms with Gasteiger partial charge in [0.05, 0.1) is 11.7 Å². The maximum absolute atomic E-state index is 13.1. The van der Waals surface area contributed by atoms with Gasteiger partial charge in [-0.05, 0) is 31.5 Å². The Morgan fingerprint density at radius 1 is 1.53 bits per heavy atom. The molecule has 0 spiro atoms. The van der Waals surface area contributed by atoms with Gasteiger partial charge < -0.3 is 11.1 Å². The highest BCUT2D eigenvalue weighted by Gasteiger charge is 2.17. The van der Waals surface area contributed by atoms with Crippen LogP contribution in [-0.2, 0) is 0 Å². The lowest BCUT2D eigenvalue weighted by molar-refractivity contribution is 0.0943. The van der Waals surface area contributed by atoms with Crippen LogP contribution in [0.3, 0.4) is 0 Å². The minimum atomic E-state index is -0.322. The quantitative estimate of drug-likeness (QED) is 0.907. The summed E-state index contributed by atoms with van der Waals surface area (Å²) in [6.07, 6.45) is 0. The van der Waals surface area contributed by atoms with Crippen LogP contribution in [0, 0.1) is 12.7 Å². The maximum atomic E-state index is 13.1. The molecular formula is C13H14FN3OS. The molecule has 0 aliphatic carbocycles. The smallest absolute Gasteiger partial charge is 0.263 e. The number of nitrogen functional groups attached to an aromatic ring is 1. The van der Waals surface area contributed by atoms with Gasteiger partial charge in [-0.15, -0.1) is 0 Å². The number of aryl methyl sites for hydroxylation is 1. The first-order valence-electron chi connectivity index (χ1n) is 5.76. The molecule has 0 radical (unpaired) electrons. The van der Waals surface area contributed by atoms with E-state index >= 15 is 0 Å². The lowest BCUT2D eigenvalue weighted by Gasteiger charge is -2.13. The van der Waals surface area contributed by atoms with Gasteiger partial charge in [-0.3, -0.25) is 4.79 Å². The van der Waals surface area contributed by atoms with Gasteiger partial charge in [-0.2, -0.15) is 0 Å². The van der Waals surface area contributed by atoms with Crippen molar-refractivity contribution in [1.82, 2.24) is 10.3 Å². The molecule has 1 atom stereocenters. The number of rotatable bonds is 3. The predicted molar refractivity (Wildman–Crippen MR) is 73.5 cm³/mol. The predicted octanol–water partition coefficient (Wildman–Crippen LogP) is 2.66. The van der Waals surface area contributed by atoms with Crippen molar-refractivity contribution >= 4 is 22.4 Å². The van der Waals surface area contributed by atoms with Crippen LogP contribution in [0.1, 0.15) is 33.9 Å². The molecule has 0 unspecified atom stereocenters. The molecule has 4 nitrogen and oxygen atoms in total. The Balaban J connectivity index is 2.13. The van der Waals surface area contributed by atoms with Gasteiger partial charge in [0.15, 0.2) is 5.13 Å². The number of aromatic nitrogens is 1. The highest BCUT2D eigenvalue weighted by Crippen LogP contribution is 2.21. The van der Waals surface area contributed by atoms with Crippen LogP contribution in [0.5, 0.6) is 0 Å². The number of benzene rings is 1. The molecule has 1 heterocycles. The Morgan fingerprint density at radius 2 is 2.26 bits per heavy atom. The van der Waals surface area contributed by atoms with Gasteiger partial charge >= 0.3 is 0 Å². The third kappa shape index (κ3) is 3.08. The molecule has 1 aromatic carbocycles. The van der Waals surface area contributed by atoms with Gasteiger partial charge in [0.2, 0.25) is 0 Å². The van der Waals surface area contributed by atoms with Crippen LogP contribution in [0.2, 0.25) is 0 Å². The Bertz CT molecular complexity index is 612. The molecule has 100 valence electrons. The normalized spacial score (nSPS) is 12.2. The van der Waals surface area contributed by atoms with E-state index in [9.17, 15) is 9.18 Å². The van der Waals surface area contributed by atoms with E-state index in [-0.39, 0.29) is 17.8 Å². The number of carbonyl (C=O) groups excluding carboxylic acids is 1. The lowest BCUT2D eigenvalue weighted by Crippen LogP contribution is -2.26. The second-order valence-electron chi connectivity index (χ2n) is 4.22. The average Bonchev–Trinajstić information content (AvgIpc) is 2.68. The van der Waals surface area contributed by atoms with Gasteiger partial charge in [0, 0.05) is 0 Å². The summed E-state index contributed by atoms with van der Waals surface area (Å²) in [6.45, 7) is 3.53. The number of carbonyl (C=O) groups is 1. The summed E-state index contributed by atoms with van der Waals surface area (Å²) in [6, 6.07) is 5.86. The molecule has 0 saturated heterocycles. The number of anilines is 1. The molecule has 1 amide bonds. The SMILES string of the molecule is Cc1nc(N)sc1C(=O)N[C@H](C)c1cccc(F)c1. The van der Waals surface area contributed by atoms with Crippen molar-refractivity contribution in [2.45, 2.75) is 19.9 Å². The number of halogens is 1. The Morgan fingerprint density at radius 3 is 2.84 bits per heavy atom. The molecule has 2 rings (SSSR count). The summed E-state index contributed by atoms with van der Waals surface area (Å²) in [5, 5.41) is 3.17. The summed E-state index contributed by atoms with van der Waals surface area (Å²) in [5.74, 6) is -0.569. The minimum Gasteiger partial charge on any atom is -0.375 e. The molecule has 0 aliphatic heterocycles. The zero-order valence-electron chi connectivity index (χ0n) is 10.6. The molecule has 0 saturated carbocycles. The van der Waals surface area contributed by atoms with Crippen molar-refractivity contribution in [1.29, 1.82) is 0 Å². The van der Waals surface area contributed by atoms with E-state index in [1.807, 2.05) is 0 Å². The van der Waals surface area contributed by atoms with Crippen molar-refractivity contribution in [3.63, 3.8) is 0 Å². The van der Waals surface area contributed by atoms with Crippen LogP contribution < -0.4 is 11.1 Å². The summed E-state index contributed by atoms with van der Waals surface area (Å²) < 4.78 is 13.1. The lowest BCUT2D eigenvalue weighted by atomic mass is 10.1. The fourth-order valence-corrected chi connectivity index (χ4v) is 2.49. The topological polar surface area (TPSA) is 68.0 Å². The molecule has 1 aromatic heterocycles. The largest absolute Gasteiger partial charge is 0.375 e. The average molecular weight is 279 g/mol. The molecule has 6 heteroatoms. The molecule has 0 fully saturated rings. The first-order valence-corrected chi connectivity index (χ1v) is 6.58. The minimum absolute atomic E-state index is 0.247. The van der Waals surface area contributed by atoms with Crippen molar-refractivity contribution in [3.05, 3.63) is 46.2 Å². The number of nitrogens with one attached hydrogen (secondary N) is 1. The van der Waals surface area contributed by atoms with E-state index in [1.54, 1.807) is 26.0 Å². The van der Waals surface area contributed by atoms with E-state index < -0.39 is 0 Å². The van der Waals surface area contributed by atoms with Crippen molar-refractivity contribution in [2.24, 2.45) is 0 Å². The second kappa shape index (κ2) is 5.36. The third-order valence-corrected chi connectivity index (χ3v) is 3.70. The first kappa shape index (κ1) is 13.5. The fourth-order valence-electron chi connectivity index (χ4n) is 1.75. The molecule has 2 aromatic rings. The Kier molecular flexibility index (Phi) is 3.80. The van der Waals surface area contributed by atoms with E-state index in [0.717, 1.165) is 11.3 Å². The van der Waals surface area contributed by atoms with Crippen LogP contribution in [0.25, 0.3) is 0 Å². The molecule has 3 N–H and O–H groups in total. The van der Waals surface area contributed by atoms with E-state index in [0.29, 0.717) is 21.3 Å². The van der Waals surface area contributed by atoms with Crippen molar-refractivity contribution in [3.8, 4) is 0 Å². The van der Waals surface area contributed by atoms with Crippen LogP contribution in [-0.4, -0.2) is 10.9 Å². The van der Waals surface area contributed by atoms with E-state index in [2.05, 4.69) is 10.3 Å². The molecule has 19 heavy (non-hydrogen) atoms. The number of hydrogen-bond donors (Lipinski definition) is 2. The number of nitrogens with two attached hydrogens (primary N) is 1. The van der Waals surface area contributed by atoms with Gasteiger partial charge in [0.1, 0.15) is 10.7 Å². The standard InChI is InChI=1S/C13H14FN3OS/c1-7(9-4-3-5-10(14)6-9)16-12(18)11-8(2)17-13(15)19-11/h3-7H,1-2H3,(H2,15,17)(H,16,18)/t7-/m1/s1. The van der Waals surface area contributed by atoms with Gasteiger partial charge in [0.25, 0.3) is 5.91 Å². The molecule has 0 aliphatic rings. The monoisotopic (exact) mass is 279 g/mol. The summed E-state index contributed by atoms with van der Waals surface area (Å²) in [4.78, 5) is 16.5. The molecular weight excluding hydrogens is 265 g/mol. The number of nitrogens with zero attached hydrogens (tertiary/aromatic N) is 1. The number of amides is 1. The summed E-state index contributed by atoms with van der Waals surface area (Å²) in [5.41, 5.74) is 6.87. The first-order chi connectivity index (χ1) is 8.97. The second-order valence-corrected chi connectivity index (χ2v) is 5.25. The number of thiazole rings is 1. The van der Waals surface area contributed by atoms with Gasteiger partial charge in [-0.25, -0.2) is 9.37 Å². The zero-order valence-corrected chi connectivity index (χ0v) is 11.4. The Hall–Kier alpha value is -1.95. The summed E-state index contributed by atoms with van der Waals surface area (Å²) in [7, 11) is 0. The third-order valence-electron chi connectivity index (χ3n) is 2.72. The highest BCUT2D eigenvalue weighted by molar-refractivity contribution is 7.17. The van der Waals surface area contributed by atoms with Gasteiger partial charge in [-0.1, -0.05) is 23.5 Å². The molecule has 0 bridgehead atoms.